The van der Waals surface area contributed by atoms with E-state index in [1.54, 1.807) is 0 Å². The van der Waals surface area contributed by atoms with Gasteiger partial charge in [-0.15, -0.1) is 0 Å². The molecule has 0 aliphatic heterocycles. The fourth-order valence-electron chi connectivity index (χ4n) is 2.35. The summed E-state index contributed by atoms with van der Waals surface area (Å²) in [7, 11) is 1.25. The molecule has 1 N–H and O–H groups in total. The highest BCUT2D eigenvalue weighted by molar-refractivity contribution is 7.99. The molecule has 0 aliphatic carbocycles. The van der Waals surface area contributed by atoms with E-state index in [-0.39, 0.29) is 41.9 Å². The summed E-state index contributed by atoms with van der Waals surface area (Å²) in [5.74, 6) is -0.707. The molecule has 1 heterocycles. The third kappa shape index (κ3) is 6.25. The molecule has 1 aromatic carbocycles. The highest BCUT2D eigenvalue weighted by Gasteiger charge is 2.17. The number of amides is 1. The third-order valence-electron chi connectivity index (χ3n) is 3.75. The van der Waals surface area contributed by atoms with Gasteiger partial charge in [0.2, 0.25) is 5.91 Å². The number of nitrogens with zero attached hydrogens (tertiary/aromatic N) is 3. The van der Waals surface area contributed by atoms with Gasteiger partial charge in [-0.05, 0) is 19.1 Å². The molecule has 1 aromatic heterocycles. The lowest BCUT2D eigenvalue weighted by molar-refractivity contribution is -0.139. The molecule has 0 saturated heterocycles. The van der Waals surface area contributed by atoms with Gasteiger partial charge in [-0.2, -0.15) is 5.26 Å². The van der Waals surface area contributed by atoms with Crippen molar-refractivity contribution in [3.05, 3.63) is 51.9 Å². The molecular formula is C19H20N4O4S. The van der Waals surface area contributed by atoms with E-state index in [1.165, 1.54) is 18.1 Å². The fourth-order valence-corrected chi connectivity index (χ4v) is 3.13. The van der Waals surface area contributed by atoms with Crippen LogP contribution in [0.4, 0.5) is 5.69 Å². The Labute approximate surface area is 166 Å². The Hall–Kier alpha value is -3.12. The summed E-state index contributed by atoms with van der Waals surface area (Å²) >= 11 is 1.06. The van der Waals surface area contributed by atoms with E-state index in [2.05, 4.69) is 14.7 Å². The van der Waals surface area contributed by atoms with Crippen molar-refractivity contribution in [3.8, 4) is 6.07 Å². The van der Waals surface area contributed by atoms with Crippen molar-refractivity contribution in [2.45, 2.75) is 24.9 Å². The molecule has 0 saturated carbocycles. The number of esters is 1. The largest absolute Gasteiger partial charge is 0.469 e. The number of benzene rings is 1. The average molecular weight is 400 g/mol. The van der Waals surface area contributed by atoms with E-state index in [0.717, 1.165) is 17.3 Å². The summed E-state index contributed by atoms with van der Waals surface area (Å²) in [5, 5.41) is 9.11. The first-order chi connectivity index (χ1) is 13.4. The van der Waals surface area contributed by atoms with Gasteiger partial charge in [-0.25, -0.2) is 4.98 Å². The summed E-state index contributed by atoms with van der Waals surface area (Å²) in [6, 6.07) is 10.7. The Balaban J connectivity index is 2.11. The maximum atomic E-state index is 12.7. The third-order valence-corrected chi connectivity index (χ3v) is 4.61. The molecule has 0 unspecified atom stereocenters. The van der Waals surface area contributed by atoms with Crippen LogP contribution >= 0.6 is 11.8 Å². The molecule has 2 aromatic rings. The zero-order valence-electron chi connectivity index (χ0n) is 15.6. The maximum absolute atomic E-state index is 12.7. The van der Waals surface area contributed by atoms with Crippen LogP contribution in [0.1, 0.15) is 17.7 Å². The van der Waals surface area contributed by atoms with Gasteiger partial charge in [0.1, 0.15) is 0 Å². The van der Waals surface area contributed by atoms with E-state index in [0.29, 0.717) is 5.69 Å². The number of thioether (sulfide) groups is 1. The van der Waals surface area contributed by atoms with Gasteiger partial charge in [-0.1, -0.05) is 29.5 Å². The quantitative estimate of drug-likeness (QED) is 0.408. The minimum atomic E-state index is -0.507. The first kappa shape index (κ1) is 21.2. The fraction of sp³-hybridized carbons (Fsp3) is 0.316. The highest BCUT2D eigenvalue weighted by atomic mass is 32.2. The number of methoxy groups -OCH3 is 1. The number of aromatic amines is 1. The smallest absolute Gasteiger partial charge is 0.311 e. The Bertz CT molecular complexity index is 934. The number of rotatable bonds is 8. The number of nitriles is 1. The Morgan fingerprint density at radius 1 is 1.32 bits per heavy atom. The second-order valence-electron chi connectivity index (χ2n) is 5.87. The molecule has 8 nitrogen and oxygen atoms in total. The number of aryl methyl sites for hydroxylation is 1. The van der Waals surface area contributed by atoms with Crippen molar-refractivity contribution < 1.29 is 14.3 Å². The molecule has 9 heteroatoms. The Morgan fingerprint density at radius 3 is 2.68 bits per heavy atom. The first-order valence-electron chi connectivity index (χ1n) is 8.46. The van der Waals surface area contributed by atoms with Gasteiger partial charge in [0.05, 0.1) is 37.5 Å². The van der Waals surface area contributed by atoms with Crippen molar-refractivity contribution in [2.24, 2.45) is 0 Å². The number of hydrogen-bond donors (Lipinski definition) is 1. The minimum Gasteiger partial charge on any atom is -0.469 e. The van der Waals surface area contributed by atoms with Crippen LogP contribution in [-0.2, 0) is 20.7 Å². The predicted molar refractivity (Wildman–Crippen MR) is 105 cm³/mol. The van der Waals surface area contributed by atoms with Gasteiger partial charge in [0, 0.05) is 18.3 Å². The number of carbonyl (C=O) groups excluding carboxylic acids is 2. The zero-order valence-corrected chi connectivity index (χ0v) is 16.4. The second-order valence-corrected chi connectivity index (χ2v) is 6.84. The van der Waals surface area contributed by atoms with E-state index >= 15 is 0 Å². The second kappa shape index (κ2) is 10.3. The van der Waals surface area contributed by atoms with Crippen molar-refractivity contribution in [3.63, 3.8) is 0 Å². The number of carbonyl (C=O) groups is 2. The summed E-state index contributed by atoms with van der Waals surface area (Å²) in [6.07, 6.45) is 0.0770. The number of hydrogen-bond acceptors (Lipinski definition) is 7. The highest BCUT2D eigenvalue weighted by Crippen LogP contribution is 2.19. The number of nitrogens with one attached hydrogen (secondary N) is 1. The lowest BCUT2D eigenvalue weighted by Crippen LogP contribution is -2.33. The number of aromatic nitrogens is 2. The summed E-state index contributed by atoms with van der Waals surface area (Å²) in [4.78, 5) is 44.1. The number of H-pyrrole nitrogens is 1. The van der Waals surface area contributed by atoms with E-state index in [9.17, 15) is 14.4 Å². The monoisotopic (exact) mass is 400 g/mol. The Morgan fingerprint density at radius 2 is 2.04 bits per heavy atom. The number of anilines is 1. The molecular weight excluding hydrogens is 380 g/mol. The maximum Gasteiger partial charge on any atom is 0.311 e. The molecule has 0 fully saturated rings. The van der Waals surface area contributed by atoms with Crippen LogP contribution in [0, 0.1) is 18.3 Å². The van der Waals surface area contributed by atoms with Crippen molar-refractivity contribution >= 4 is 29.3 Å². The van der Waals surface area contributed by atoms with Crippen LogP contribution in [0.3, 0.4) is 0 Å². The van der Waals surface area contributed by atoms with Gasteiger partial charge in [-0.3, -0.25) is 14.4 Å². The number of ether oxygens (including phenoxy) is 1. The van der Waals surface area contributed by atoms with Crippen molar-refractivity contribution in [1.29, 1.82) is 5.26 Å². The molecule has 0 bridgehead atoms. The SMILES string of the molecule is COC(=O)Cc1cc(=O)[nH]c(SCC(=O)N(CCC#N)c2ccc(C)cc2)n1. The van der Waals surface area contributed by atoms with E-state index < -0.39 is 11.5 Å². The van der Waals surface area contributed by atoms with Gasteiger partial charge in [0.15, 0.2) is 5.16 Å². The first-order valence-corrected chi connectivity index (χ1v) is 9.45. The van der Waals surface area contributed by atoms with Crippen molar-refractivity contribution in [2.75, 3.05) is 24.3 Å². The molecule has 146 valence electrons. The molecule has 0 atom stereocenters. The van der Waals surface area contributed by atoms with Crippen LogP contribution in [0.2, 0.25) is 0 Å². The van der Waals surface area contributed by atoms with Crippen molar-refractivity contribution in [1.82, 2.24) is 9.97 Å². The van der Waals surface area contributed by atoms with Crippen LogP contribution in [0.5, 0.6) is 0 Å². The molecule has 28 heavy (non-hydrogen) atoms. The Kier molecular flexibility index (Phi) is 7.77. The normalized spacial score (nSPS) is 10.2. The van der Waals surface area contributed by atoms with Gasteiger partial charge < -0.3 is 14.6 Å². The summed E-state index contributed by atoms with van der Waals surface area (Å²) in [5.41, 5.74) is 1.62. The van der Waals surface area contributed by atoms with E-state index in [4.69, 9.17) is 5.26 Å². The molecule has 0 radical (unpaired) electrons. The predicted octanol–water partition coefficient (Wildman–Crippen LogP) is 1.83. The standard InChI is InChI=1S/C19H20N4O4S/c1-13-4-6-15(7-5-13)23(9-3-8-20)17(25)12-28-19-21-14(10-16(24)22-19)11-18(26)27-2/h4-7,10H,3,9,11-12H2,1-2H3,(H,21,22,24). The van der Waals surface area contributed by atoms with Gasteiger partial charge in [0.25, 0.3) is 5.56 Å². The average Bonchev–Trinajstić information content (AvgIpc) is 2.67. The zero-order chi connectivity index (χ0) is 20.5. The summed E-state index contributed by atoms with van der Waals surface area (Å²) in [6.45, 7) is 2.22. The summed E-state index contributed by atoms with van der Waals surface area (Å²) < 4.78 is 4.57. The van der Waals surface area contributed by atoms with Gasteiger partial charge >= 0.3 is 5.97 Å². The van der Waals surface area contributed by atoms with Crippen LogP contribution in [0.25, 0.3) is 0 Å². The van der Waals surface area contributed by atoms with Crippen LogP contribution < -0.4 is 10.5 Å². The lowest BCUT2D eigenvalue weighted by Gasteiger charge is -2.21. The lowest BCUT2D eigenvalue weighted by atomic mass is 10.2. The molecule has 2 rings (SSSR count). The molecule has 0 spiro atoms. The van der Waals surface area contributed by atoms with E-state index in [1.807, 2.05) is 37.3 Å². The minimum absolute atomic E-state index is 0.0178. The molecule has 1 amide bonds. The van der Waals surface area contributed by atoms with Crippen LogP contribution in [-0.4, -0.2) is 41.3 Å². The molecule has 0 aliphatic rings. The topological polar surface area (TPSA) is 116 Å². The van der Waals surface area contributed by atoms with Crippen LogP contribution in [0.15, 0.2) is 40.3 Å².